The number of hydrogen-bond donors (Lipinski definition) is 2. The number of alkyl halides is 1. The Morgan fingerprint density at radius 1 is 1.30 bits per heavy atom. The Morgan fingerprint density at radius 2 is 1.90 bits per heavy atom. The molecule has 0 aliphatic rings. The van der Waals surface area contributed by atoms with E-state index in [0.29, 0.717) is 6.42 Å². The first-order valence-corrected chi connectivity index (χ1v) is 6.86. The molecule has 0 saturated heterocycles. The second-order valence-corrected chi connectivity index (χ2v) is 5.11. The van der Waals surface area contributed by atoms with Gasteiger partial charge in [0, 0.05) is 17.7 Å². The molecule has 108 valence electrons. The first kappa shape index (κ1) is 16.1. The summed E-state index contributed by atoms with van der Waals surface area (Å²) in [5.41, 5.74) is 4.65. The van der Waals surface area contributed by atoms with Crippen molar-refractivity contribution in [3.63, 3.8) is 0 Å². The van der Waals surface area contributed by atoms with E-state index in [1.807, 2.05) is 6.92 Å². The van der Waals surface area contributed by atoms with E-state index in [2.05, 4.69) is 26.8 Å². The number of nitro benzene ring substituents is 1. The lowest BCUT2D eigenvalue weighted by Gasteiger charge is -2.10. The minimum absolute atomic E-state index is 0.103. The molecular weight excluding hydrogens is 330 g/mol. The predicted molar refractivity (Wildman–Crippen MR) is 76.3 cm³/mol. The van der Waals surface area contributed by atoms with E-state index < -0.39 is 10.8 Å². The number of carbonyl (C=O) groups excluding carboxylic acids is 2. The molecule has 2 N–H and O–H groups in total. The second-order valence-electron chi connectivity index (χ2n) is 4.00. The molecule has 1 rings (SSSR count). The van der Waals surface area contributed by atoms with E-state index in [4.69, 9.17) is 0 Å². The lowest BCUT2D eigenvalue weighted by Crippen LogP contribution is -2.44. The van der Waals surface area contributed by atoms with E-state index in [9.17, 15) is 19.7 Å². The van der Waals surface area contributed by atoms with Crippen molar-refractivity contribution in [1.29, 1.82) is 0 Å². The molecule has 1 aromatic rings. The van der Waals surface area contributed by atoms with Gasteiger partial charge in [0.2, 0.25) is 0 Å². The number of amides is 2. The van der Waals surface area contributed by atoms with Gasteiger partial charge in [-0.2, -0.15) is 0 Å². The molecule has 7 nitrogen and oxygen atoms in total. The van der Waals surface area contributed by atoms with Gasteiger partial charge < -0.3 is 0 Å². The molecule has 0 radical (unpaired) electrons. The van der Waals surface area contributed by atoms with Crippen molar-refractivity contribution >= 4 is 33.4 Å². The normalized spacial score (nSPS) is 11.5. The highest BCUT2D eigenvalue weighted by molar-refractivity contribution is 9.10. The van der Waals surface area contributed by atoms with E-state index >= 15 is 0 Å². The van der Waals surface area contributed by atoms with Crippen LogP contribution in [0.15, 0.2) is 24.3 Å². The quantitative estimate of drug-likeness (QED) is 0.484. The number of hydrogen-bond acceptors (Lipinski definition) is 4. The van der Waals surface area contributed by atoms with Crippen molar-refractivity contribution in [1.82, 2.24) is 10.9 Å². The Morgan fingerprint density at radius 3 is 2.40 bits per heavy atom. The van der Waals surface area contributed by atoms with Crippen molar-refractivity contribution in [2.24, 2.45) is 0 Å². The molecule has 20 heavy (non-hydrogen) atoms. The fourth-order valence-corrected chi connectivity index (χ4v) is 1.96. The summed E-state index contributed by atoms with van der Waals surface area (Å²) in [6.45, 7) is 1.94. The number of nitrogens with one attached hydrogen (secondary N) is 2. The summed E-state index contributed by atoms with van der Waals surface area (Å²) in [7, 11) is 0. The third-order valence-electron chi connectivity index (χ3n) is 2.47. The standard InChI is InChI=1S/C12H14BrN3O4/c1-2-3-10(13)12(18)15-14-11(17)8-4-6-9(7-5-8)16(19)20/h4-7,10H,2-3H2,1H3,(H,14,17)(H,15,18). The molecule has 2 amide bonds. The highest BCUT2D eigenvalue weighted by Crippen LogP contribution is 2.11. The number of benzene rings is 1. The summed E-state index contributed by atoms with van der Waals surface area (Å²) in [4.78, 5) is 32.8. The summed E-state index contributed by atoms with van der Waals surface area (Å²) in [6, 6.07) is 5.08. The summed E-state index contributed by atoms with van der Waals surface area (Å²) in [6.07, 6.45) is 1.48. The Labute approximate surface area is 124 Å². The van der Waals surface area contributed by atoms with Crippen LogP contribution in [-0.2, 0) is 4.79 Å². The van der Waals surface area contributed by atoms with Crippen LogP contribution in [0.25, 0.3) is 0 Å². The molecule has 0 aliphatic heterocycles. The Hall–Kier alpha value is -1.96. The number of carbonyl (C=O) groups is 2. The van der Waals surface area contributed by atoms with Crippen LogP contribution in [-0.4, -0.2) is 21.6 Å². The zero-order valence-electron chi connectivity index (χ0n) is 10.8. The SMILES string of the molecule is CCCC(Br)C(=O)NNC(=O)c1ccc([N+](=O)[O-])cc1. The van der Waals surface area contributed by atoms with Gasteiger partial charge in [-0.1, -0.05) is 29.3 Å². The van der Waals surface area contributed by atoms with Crippen LogP contribution < -0.4 is 10.9 Å². The summed E-state index contributed by atoms with van der Waals surface area (Å²) in [5, 5.41) is 10.5. The molecule has 1 aromatic carbocycles. The maximum Gasteiger partial charge on any atom is 0.269 e. The lowest BCUT2D eigenvalue weighted by atomic mass is 10.2. The largest absolute Gasteiger partial charge is 0.272 e. The molecular formula is C12H14BrN3O4. The topological polar surface area (TPSA) is 101 Å². The van der Waals surface area contributed by atoms with Crippen LogP contribution in [0, 0.1) is 10.1 Å². The monoisotopic (exact) mass is 343 g/mol. The van der Waals surface area contributed by atoms with Crippen molar-refractivity contribution in [3.8, 4) is 0 Å². The molecule has 1 unspecified atom stereocenters. The van der Waals surface area contributed by atoms with Crippen molar-refractivity contribution in [2.75, 3.05) is 0 Å². The predicted octanol–water partition coefficient (Wildman–Crippen LogP) is 1.92. The van der Waals surface area contributed by atoms with Gasteiger partial charge in [0.05, 0.1) is 9.75 Å². The molecule has 0 spiro atoms. The van der Waals surface area contributed by atoms with Crippen LogP contribution in [0.3, 0.4) is 0 Å². The average molecular weight is 344 g/mol. The van der Waals surface area contributed by atoms with Gasteiger partial charge in [-0.15, -0.1) is 0 Å². The number of nitro groups is 1. The third-order valence-corrected chi connectivity index (χ3v) is 3.34. The van der Waals surface area contributed by atoms with Crippen LogP contribution in [0.1, 0.15) is 30.1 Å². The molecule has 0 aromatic heterocycles. The minimum atomic E-state index is -0.552. The van der Waals surface area contributed by atoms with E-state index in [-0.39, 0.29) is 22.0 Å². The summed E-state index contributed by atoms with van der Waals surface area (Å²) >= 11 is 3.20. The van der Waals surface area contributed by atoms with E-state index in [0.717, 1.165) is 6.42 Å². The fourth-order valence-electron chi connectivity index (χ4n) is 1.39. The molecule has 0 bridgehead atoms. The number of rotatable bonds is 5. The van der Waals surface area contributed by atoms with Crippen molar-refractivity contribution in [2.45, 2.75) is 24.6 Å². The van der Waals surface area contributed by atoms with Crippen LogP contribution >= 0.6 is 15.9 Å². The van der Waals surface area contributed by atoms with Gasteiger partial charge in [0.15, 0.2) is 0 Å². The van der Waals surface area contributed by atoms with Crippen LogP contribution in [0.4, 0.5) is 5.69 Å². The average Bonchev–Trinajstić information content (AvgIpc) is 2.44. The third kappa shape index (κ3) is 4.61. The number of non-ortho nitro benzene ring substituents is 1. The summed E-state index contributed by atoms with van der Waals surface area (Å²) < 4.78 is 0. The highest BCUT2D eigenvalue weighted by atomic mass is 79.9. The minimum Gasteiger partial charge on any atom is -0.272 e. The lowest BCUT2D eigenvalue weighted by molar-refractivity contribution is -0.384. The maximum atomic E-state index is 11.7. The number of halogens is 1. The maximum absolute atomic E-state index is 11.7. The Kier molecular flexibility index (Phi) is 6.10. The highest BCUT2D eigenvalue weighted by Gasteiger charge is 2.15. The van der Waals surface area contributed by atoms with E-state index in [1.54, 1.807) is 0 Å². The second kappa shape index (κ2) is 7.59. The number of hydrazine groups is 1. The van der Waals surface area contributed by atoms with Crippen LogP contribution in [0.5, 0.6) is 0 Å². The molecule has 1 atom stereocenters. The zero-order valence-corrected chi connectivity index (χ0v) is 12.3. The molecule has 0 aliphatic carbocycles. The fraction of sp³-hybridized carbons (Fsp3) is 0.333. The van der Waals surface area contributed by atoms with Crippen molar-refractivity contribution in [3.05, 3.63) is 39.9 Å². The molecule has 0 fully saturated rings. The molecule has 0 saturated carbocycles. The molecule has 8 heteroatoms. The number of nitrogens with zero attached hydrogens (tertiary/aromatic N) is 1. The van der Waals surface area contributed by atoms with Gasteiger partial charge in [0.25, 0.3) is 17.5 Å². The van der Waals surface area contributed by atoms with Crippen molar-refractivity contribution < 1.29 is 14.5 Å². The van der Waals surface area contributed by atoms with Gasteiger partial charge in [0.1, 0.15) is 0 Å². The van der Waals surface area contributed by atoms with Crippen LogP contribution in [0.2, 0.25) is 0 Å². The summed E-state index contributed by atoms with van der Waals surface area (Å²) in [5.74, 6) is -0.883. The van der Waals surface area contributed by atoms with Gasteiger partial charge >= 0.3 is 0 Å². The smallest absolute Gasteiger partial charge is 0.269 e. The first-order valence-electron chi connectivity index (χ1n) is 5.94. The Balaban J connectivity index is 2.54. The van der Waals surface area contributed by atoms with Gasteiger partial charge in [-0.25, -0.2) is 0 Å². The zero-order chi connectivity index (χ0) is 15.1. The van der Waals surface area contributed by atoms with Gasteiger partial charge in [-0.05, 0) is 18.6 Å². The first-order chi connectivity index (χ1) is 9.45. The Bertz CT molecular complexity index is 504. The van der Waals surface area contributed by atoms with E-state index in [1.165, 1.54) is 24.3 Å². The van der Waals surface area contributed by atoms with Gasteiger partial charge in [-0.3, -0.25) is 30.6 Å². The molecule has 0 heterocycles.